The third kappa shape index (κ3) is 2.74. The van der Waals surface area contributed by atoms with Gasteiger partial charge >= 0.3 is 6.03 Å². The zero-order valence-electron chi connectivity index (χ0n) is 16.7. The number of imide groups is 1. The average Bonchev–Trinajstić information content (AvgIpc) is 3.00. The van der Waals surface area contributed by atoms with Gasteiger partial charge in [0.2, 0.25) is 0 Å². The van der Waals surface area contributed by atoms with Crippen molar-refractivity contribution in [3.8, 4) is 0 Å². The number of hydrogen-bond donors (Lipinski definition) is 1. The summed E-state index contributed by atoms with van der Waals surface area (Å²) in [5, 5.41) is 2.86. The summed E-state index contributed by atoms with van der Waals surface area (Å²) in [6.45, 7) is 3.95. The van der Waals surface area contributed by atoms with Crippen LogP contribution in [0.1, 0.15) is 51.5 Å². The number of nitrogens with one attached hydrogen (secondary N) is 1. The quantitative estimate of drug-likeness (QED) is 0.645. The van der Waals surface area contributed by atoms with E-state index in [-0.39, 0.29) is 23.7 Å². The molecule has 0 atom stereocenters. The van der Waals surface area contributed by atoms with Crippen LogP contribution < -0.4 is 10.2 Å². The van der Waals surface area contributed by atoms with Gasteiger partial charge in [-0.15, -0.1) is 0 Å². The summed E-state index contributed by atoms with van der Waals surface area (Å²) in [6.07, 6.45) is 5.84. The van der Waals surface area contributed by atoms with Crippen LogP contribution in [0.2, 0.25) is 0 Å². The largest absolute Gasteiger partial charge is 0.347 e. The van der Waals surface area contributed by atoms with Gasteiger partial charge in [0, 0.05) is 29.9 Å². The zero-order valence-corrected chi connectivity index (χ0v) is 16.7. The highest BCUT2D eigenvalue weighted by molar-refractivity contribution is 6.10. The maximum absolute atomic E-state index is 12.9. The molecular weight excluding hydrogens is 354 g/mol. The van der Waals surface area contributed by atoms with E-state index in [2.05, 4.69) is 25.2 Å². The van der Waals surface area contributed by atoms with Crippen LogP contribution in [0.4, 0.5) is 10.5 Å². The summed E-state index contributed by atoms with van der Waals surface area (Å²) in [5.74, 6) is -0.481. The molecule has 6 heteroatoms. The Labute approximate surface area is 165 Å². The second-order valence-corrected chi connectivity index (χ2v) is 8.66. The Morgan fingerprint density at radius 2 is 1.82 bits per heavy atom. The molecule has 4 rings (SSSR count). The first-order valence-electron chi connectivity index (χ1n) is 9.99. The number of carbonyl (C=O) groups excluding carboxylic acids is 3. The summed E-state index contributed by atoms with van der Waals surface area (Å²) in [6, 6.07) is 7.64. The van der Waals surface area contributed by atoms with Crippen LogP contribution in [0.5, 0.6) is 0 Å². The standard InChI is InChI=1S/C22H27N3O3/c1-21(2)16-9-5-6-10-17(16)24(3)18(21)13-15(26)14-25-19(27)22(23-20(25)28)11-7-4-8-12-22/h5-6,9-10,13H,4,7-8,11-12,14H2,1-3H3,(H,23,28)/b18-13-. The van der Waals surface area contributed by atoms with E-state index in [4.69, 9.17) is 0 Å². The highest BCUT2D eigenvalue weighted by Gasteiger charge is 2.51. The van der Waals surface area contributed by atoms with Crippen molar-refractivity contribution in [1.82, 2.24) is 10.2 Å². The number of hydrogen-bond acceptors (Lipinski definition) is 4. The van der Waals surface area contributed by atoms with Crippen LogP contribution in [-0.4, -0.2) is 41.8 Å². The van der Waals surface area contributed by atoms with Crippen molar-refractivity contribution in [2.45, 2.75) is 56.9 Å². The molecule has 2 heterocycles. The maximum atomic E-state index is 12.9. The molecule has 1 aliphatic carbocycles. The number of urea groups is 1. The van der Waals surface area contributed by atoms with Gasteiger partial charge in [-0.1, -0.05) is 51.3 Å². The smallest absolute Gasteiger partial charge is 0.325 e. The molecule has 1 spiro atoms. The SMILES string of the molecule is CN1/C(=C\C(=O)CN2C(=O)NC3(CCCCC3)C2=O)C(C)(C)c2ccccc21. The Morgan fingerprint density at radius 1 is 1.14 bits per heavy atom. The molecule has 0 unspecified atom stereocenters. The monoisotopic (exact) mass is 381 g/mol. The van der Waals surface area contributed by atoms with E-state index in [9.17, 15) is 14.4 Å². The number of nitrogens with zero attached hydrogens (tertiary/aromatic N) is 2. The van der Waals surface area contributed by atoms with Crippen molar-refractivity contribution < 1.29 is 14.4 Å². The lowest BCUT2D eigenvalue weighted by Gasteiger charge is -2.30. The Bertz CT molecular complexity index is 881. The molecule has 2 fully saturated rings. The second-order valence-electron chi connectivity index (χ2n) is 8.66. The van der Waals surface area contributed by atoms with Gasteiger partial charge < -0.3 is 10.2 Å². The topological polar surface area (TPSA) is 69.7 Å². The first-order chi connectivity index (χ1) is 13.3. The molecule has 2 aliphatic heterocycles. The minimum atomic E-state index is -0.789. The number of fused-ring (bicyclic) bond motifs is 1. The Kier molecular flexibility index (Phi) is 4.32. The number of para-hydroxylation sites is 1. The van der Waals surface area contributed by atoms with Crippen LogP contribution in [0.15, 0.2) is 36.0 Å². The zero-order chi connectivity index (χ0) is 20.1. The van der Waals surface area contributed by atoms with Crippen LogP contribution in [-0.2, 0) is 15.0 Å². The lowest BCUT2D eigenvalue weighted by atomic mass is 9.81. The predicted molar refractivity (Wildman–Crippen MR) is 107 cm³/mol. The number of amides is 3. The van der Waals surface area contributed by atoms with E-state index < -0.39 is 11.6 Å². The Morgan fingerprint density at radius 3 is 2.50 bits per heavy atom. The van der Waals surface area contributed by atoms with Crippen LogP contribution in [0.3, 0.4) is 0 Å². The molecule has 0 radical (unpaired) electrons. The molecule has 3 amide bonds. The van der Waals surface area contributed by atoms with E-state index in [1.54, 1.807) is 6.08 Å². The Balaban J connectivity index is 1.55. The van der Waals surface area contributed by atoms with Gasteiger partial charge in [-0.25, -0.2) is 4.79 Å². The van der Waals surface area contributed by atoms with Crippen molar-refractivity contribution in [1.29, 1.82) is 0 Å². The minimum absolute atomic E-state index is 0.212. The van der Waals surface area contributed by atoms with E-state index >= 15 is 0 Å². The molecular formula is C22H27N3O3. The summed E-state index contributed by atoms with van der Waals surface area (Å²) in [7, 11) is 1.94. The van der Waals surface area contributed by atoms with Gasteiger partial charge in [0.1, 0.15) is 5.54 Å². The Hall–Kier alpha value is -2.63. The highest BCUT2D eigenvalue weighted by Crippen LogP contribution is 2.46. The highest BCUT2D eigenvalue weighted by atomic mass is 16.2. The van der Waals surface area contributed by atoms with E-state index in [1.807, 2.05) is 30.1 Å². The molecule has 1 saturated carbocycles. The third-order valence-corrected chi connectivity index (χ3v) is 6.51. The van der Waals surface area contributed by atoms with Crippen molar-refractivity contribution in [2.24, 2.45) is 0 Å². The van der Waals surface area contributed by atoms with E-state index in [0.29, 0.717) is 12.8 Å². The van der Waals surface area contributed by atoms with Gasteiger partial charge in [-0.05, 0) is 24.5 Å². The van der Waals surface area contributed by atoms with E-state index in [1.165, 1.54) is 0 Å². The molecule has 28 heavy (non-hydrogen) atoms. The third-order valence-electron chi connectivity index (χ3n) is 6.51. The number of benzene rings is 1. The van der Waals surface area contributed by atoms with Gasteiger partial charge in [0.05, 0.1) is 6.54 Å². The van der Waals surface area contributed by atoms with Gasteiger partial charge in [0.25, 0.3) is 5.91 Å². The van der Waals surface area contributed by atoms with E-state index in [0.717, 1.165) is 41.1 Å². The summed E-state index contributed by atoms with van der Waals surface area (Å²) in [4.78, 5) is 41.2. The summed E-state index contributed by atoms with van der Waals surface area (Å²) < 4.78 is 0. The van der Waals surface area contributed by atoms with Crippen molar-refractivity contribution >= 4 is 23.4 Å². The van der Waals surface area contributed by atoms with Crippen molar-refractivity contribution in [3.63, 3.8) is 0 Å². The number of rotatable bonds is 3. The molecule has 1 saturated heterocycles. The van der Waals surface area contributed by atoms with Crippen molar-refractivity contribution in [2.75, 3.05) is 18.5 Å². The first-order valence-corrected chi connectivity index (χ1v) is 9.99. The number of anilines is 1. The second kappa shape index (κ2) is 6.47. The minimum Gasteiger partial charge on any atom is -0.347 e. The molecule has 0 bridgehead atoms. The predicted octanol–water partition coefficient (Wildman–Crippen LogP) is 3.12. The van der Waals surface area contributed by atoms with Gasteiger partial charge in [0.15, 0.2) is 5.78 Å². The van der Waals surface area contributed by atoms with Crippen LogP contribution in [0.25, 0.3) is 0 Å². The number of ketones is 1. The van der Waals surface area contributed by atoms with Gasteiger partial charge in [-0.2, -0.15) is 0 Å². The normalized spacial score (nSPS) is 24.0. The van der Waals surface area contributed by atoms with Gasteiger partial charge in [-0.3, -0.25) is 14.5 Å². The fourth-order valence-electron chi connectivity index (χ4n) is 4.93. The molecule has 6 nitrogen and oxygen atoms in total. The lowest BCUT2D eigenvalue weighted by molar-refractivity contribution is -0.134. The summed E-state index contributed by atoms with van der Waals surface area (Å²) in [5.41, 5.74) is 2.00. The number of allylic oxidation sites excluding steroid dienone is 1. The number of carbonyl (C=O) groups is 3. The molecule has 148 valence electrons. The molecule has 1 aromatic carbocycles. The fraction of sp³-hybridized carbons (Fsp3) is 0.500. The molecule has 0 aromatic heterocycles. The molecule has 3 aliphatic rings. The molecule has 1 N–H and O–H groups in total. The average molecular weight is 381 g/mol. The molecule has 1 aromatic rings. The lowest BCUT2D eigenvalue weighted by Crippen LogP contribution is -2.48. The summed E-state index contributed by atoms with van der Waals surface area (Å²) >= 11 is 0. The maximum Gasteiger partial charge on any atom is 0.325 e. The first kappa shape index (κ1) is 18.7. The van der Waals surface area contributed by atoms with Crippen LogP contribution in [0, 0.1) is 0 Å². The van der Waals surface area contributed by atoms with Crippen LogP contribution >= 0.6 is 0 Å². The van der Waals surface area contributed by atoms with Crippen molar-refractivity contribution in [3.05, 3.63) is 41.6 Å². The fourth-order valence-corrected chi connectivity index (χ4v) is 4.93. The number of likely N-dealkylation sites (N-methyl/N-ethyl adjacent to an activating group) is 1.